The largest absolute Gasteiger partial charge is 0.401 e. The van der Waals surface area contributed by atoms with Crippen molar-refractivity contribution in [3.8, 4) is 0 Å². The smallest absolute Gasteiger partial charge is 0.0430 e. The SMILES string of the molecule is C=C(N)C(C)NC. The molecule has 2 nitrogen and oxygen atoms in total. The summed E-state index contributed by atoms with van der Waals surface area (Å²) in [5, 5.41) is 2.94. The third-order valence-corrected chi connectivity index (χ3v) is 0.989. The molecule has 0 bridgehead atoms. The van der Waals surface area contributed by atoms with Crippen LogP contribution < -0.4 is 11.1 Å². The van der Waals surface area contributed by atoms with Gasteiger partial charge in [0, 0.05) is 11.7 Å². The van der Waals surface area contributed by atoms with Crippen LogP contribution in [0.15, 0.2) is 12.3 Å². The maximum Gasteiger partial charge on any atom is 0.0430 e. The van der Waals surface area contributed by atoms with E-state index in [4.69, 9.17) is 5.73 Å². The van der Waals surface area contributed by atoms with Crippen LogP contribution in [0.4, 0.5) is 0 Å². The number of rotatable bonds is 2. The molecular formula is C5H12N2. The Morgan fingerprint density at radius 1 is 1.86 bits per heavy atom. The van der Waals surface area contributed by atoms with E-state index in [1.807, 2.05) is 14.0 Å². The van der Waals surface area contributed by atoms with Crippen LogP contribution in [0.25, 0.3) is 0 Å². The van der Waals surface area contributed by atoms with Crippen molar-refractivity contribution in [1.29, 1.82) is 0 Å². The van der Waals surface area contributed by atoms with Gasteiger partial charge < -0.3 is 11.1 Å². The first-order chi connectivity index (χ1) is 3.18. The van der Waals surface area contributed by atoms with Crippen LogP contribution in [0.5, 0.6) is 0 Å². The molecule has 7 heavy (non-hydrogen) atoms. The van der Waals surface area contributed by atoms with Gasteiger partial charge in [-0.3, -0.25) is 0 Å². The van der Waals surface area contributed by atoms with Crippen LogP contribution in [-0.4, -0.2) is 13.1 Å². The second-order valence-corrected chi connectivity index (χ2v) is 1.59. The minimum absolute atomic E-state index is 0.236. The van der Waals surface area contributed by atoms with Gasteiger partial charge in [-0.1, -0.05) is 6.58 Å². The standard InChI is InChI=1S/C5H12N2/c1-4(6)5(2)7-3/h5,7H,1,6H2,2-3H3. The quantitative estimate of drug-likeness (QED) is 0.515. The van der Waals surface area contributed by atoms with Gasteiger partial charge in [0.1, 0.15) is 0 Å². The molecule has 0 aliphatic heterocycles. The van der Waals surface area contributed by atoms with Crippen LogP contribution in [0, 0.1) is 0 Å². The molecule has 0 aliphatic rings. The van der Waals surface area contributed by atoms with Crippen molar-refractivity contribution in [3.63, 3.8) is 0 Å². The van der Waals surface area contributed by atoms with E-state index in [-0.39, 0.29) is 6.04 Å². The first-order valence-electron chi connectivity index (χ1n) is 2.30. The number of hydrogen-bond donors (Lipinski definition) is 2. The molecule has 0 aromatic rings. The molecule has 2 heteroatoms. The summed E-state index contributed by atoms with van der Waals surface area (Å²) >= 11 is 0. The molecule has 0 aromatic carbocycles. The highest BCUT2D eigenvalue weighted by Gasteiger charge is 1.94. The second kappa shape index (κ2) is 2.64. The molecule has 3 N–H and O–H groups in total. The zero-order valence-corrected chi connectivity index (χ0v) is 4.86. The Bertz CT molecular complexity index is 68.5. The van der Waals surface area contributed by atoms with E-state index in [9.17, 15) is 0 Å². The monoisotopic (exact) mass is 100 g/mol. The highest BCUT2D eigenvalue weighted by molar-refractivity contribution is 4.96. The van der Waals surface area contributed by atoms with E-state index in [0.29, 0.717) is 5.70 Å². The normalized spacial score (nSPS) is 13.4. The van der Waals surface area contributed by atoms with Gasteiger partial charge in [0.2, 0.25) is 0 Å². The van der Waals surface area contributed by atoms with Crippen molar-refractivity contribution < 1.29 is 0 Å². The molecule has 0 spiro atoms. The summed E-state index contributed by atoms with van der Waals surface area (Å²) in [5.74, 6) is 0. The first-order valence-corrected chi connectivity index (χ1v) is 2.30. The third-order valence-electron chi connectivity index (χ3n) is 0.989. The summed E-state index contributed by atoms with van der Waals surface area (Å²) < 4.78 is 0. The Kier molecular flexibility index (Phi) is 2.45. The fraction of sp³-hybridized carbons (Fsp3) is 0.600. The van der Waals surface area contributed by atoms with Crippen molar-refractivity contribution in [3.05, 3.63) is 12.3 Å². The Hall–Kier alpha value is -0.500. The van der Waals surface area contributed by atoms with E-state index < -0.39 is 0 Å². The van der Waals surface area contributed by atoms with Gasteiger partial charge in [-0.25, -0.2) is 0 Å². The van der Waals surface area contributed by atoms with Crippen molar-refractivity contribution in [1.82, 2.24) is 5.32 Å². The molecule has 42 valence electrons. The molecule has 1 unspecified atom stereocenters. The maximum atomic E-state index is 5.29. The highest BCUT2D eigenvalue weighted by Crippen LogP contribution is 1.84. The Balaban J connectivity index is 3.34. The lowest BCUT2D eigenvalue weighted by Crippen LogP contribution is -2.26. The van der Waals surface area contributed by atoms with Crippen LogP contribution in [0.1, 0.15) is 6.92 Å². The van der Waals surface area contributed by atoms with Crippen molar-refractivity contribution >= 4 is 0 Å². The van der Waals surface area contributed by atoms with Gasteiger partial charge in [0.15, 0.2) is 0 Å². The topological polar surface area (TPSA) is 38.0 Å². The predicted molar refractivity (Wildman–Crippen MR) is 31.8 cm³/mol. The van der Waals surface area contributed by atoms with E-state index in [1.165, 1.54) is 0 Å². The molecule has 0 saturated carbocycles. The van der Waals surface area contributed by atoms with Gasteiger partial charge in [0.05, 0.1) is 0 Å². The van der Waals surface area contributed by atoms with Gasteiger partial charge in [0.25, 0.3) is 0 Å². The summed E-state index contributed by atoms with van der Waals surface area (Å²) in [4.78, 5) is 0. The van der Waals surface area contributed by atoms with Gasteiger partial charge in [-0.05, 0) is 14.0 Å². The van der Waals surface area contributed by atoms with Crippen LogP contribution in [0.3, 0.4) is 0 Å². The summed E-state index contributed by atoms with van der Waals surface area (Å²) in [6.45, 7) is 5.50. The Labute approximate surface area is 44.4 Å². The Morgan fingerprint density at radius 3 is 2.29 bits per heavy atom. The fourth-order valence-electron chi connectivity index (χ4n) is 0.185. The molecule has 0 amide bonds. The highest BCUT2D eigenvalue weighted by atomic mass is 14.9. The van der Waals surface area contributed by atoms with Crippen LogP contribution >= 0.6 is 0 Å². The zero-order valence-electron chi connectivity index (χ0n) is 4.86. The number of nitrogens with two attached hydrogens (primary N) is 1. The minimum atomic E-state index is 0.236. The van der Waals surface area contributed by atoms with Gasteiger partial charge in [-0.15, -0.1) is 0 Å². The molecule has 1 atom stereocenters. The third kappa shape index (κ3) is 2.23. The molecule has 0 heterocycles. The van der Waals surface area contributed by atoms with Gasteiger partial charge >= 0.3 is 0 Å². The predicted octanol–water partition coefficient (Wildman–Crippen LogP) is 0.0667. The second-order valence-electron chi connectivity index (χ2n) is 1.59. The van der Waals surface area contributed by atoms with E-state index in [1.54, 1.807) is 0 Å². The fourth-order valence-corrected chi connectivity index (χ4v) is 0.185. The van der Waals surface area contributed by atoms with Crippen molar-refractivity contribution in [2.75, 3.05) is 7.05 Å². The molecule has 0 saturated heterocycles. The summed E-state index contributed by atoms with van der Waals surface area (Å²) in [5.41, 5.74) is 5.97. The maximum absolute atomic E-state index is 5.29. The first kappa shape index (κ1) is 6.50. The molecule has 0 rings (SSSR count). The number of hydrogen-bond acceptors (Lipinski definition) is 2. The zero-order chi connectivity index (χ0) is 5.86. The van der Waals surface area contributed by atoms with E-state index in [0.717, 1.165) is 0 Å². The van der Waals surface area contributed by atoms with Crippen molar-refractivity contribution in [2.24, 2.45) is 5.73 Å². The summed E-state index contributed by atoms with van der Waals surface area (Å²) in [7, 11) is 1.85. The van der Waals surface area contributed by atoms with E-state index >= 15 is 0 Å². The molecule has 0 aromatic heterocycles. The minimum Gasteiger partial charge on any atom is -0.401 e. The summed E-state index contributed by atoms with van der Waals surface area (Å²) in [6, 6.07) is 0.236. The number of nitrogens with one attached hydrogen (secondary N) is 1. The van der Waals surface area contributed by atoms with Crippen LogP contribution in [-0.2, 0) is 0 Å². The lowest BCUT2D eigenvalue weighted by Gasteiger charge is -2.06. The van der Waals surface area contributed by atoms with Gasteiger partial charge in [-0.2, -0.15) is 0 Å². The average molecular weight is 100 g/mol. The average Bonchev–Trinajstić information content (AvgIpc) is 1.65. The molecule has 0 fully saturated rings. The molecule has 0 aliphatic carbocycles. The Morgan fingerprint density at radius 2 is 2.29 bits per heavy atom. The molecule has 0 radical (unpaired) electrons. The number of likely N-dealkylation sites (N-methyl/N-ethyl adjacent to an activating group) is 1. The molecular weight excluding hydrogens is 88.1 g/mol. The van der Waals surface area contributed by atoms with Crippen molar-refractivity contribution in [2.45, 2.75) is 13.0 Å². The van der Waals surface area contributed by atoms with E-state index in [2.05, 4.69) is 11.9 Å². The lowest BCUT2D eigenvalue weighted by atomic mass is 10.3. The van der Waals surface area contributed by atoms with Crippen LogP contribution in [0.2, 0.25) is 0 Å². The summed E-state index contributed by atoms with van der Waals surface area (Å²) in [6.07, 6.45) is 0. The lowest BCUT2D eigenvalue weighted by molar-refractivity contribution is 0.687.